The number of nitrogens with one attached hydrogen (secondary N) is 1. The average Bonchev–Trinajstić information content (AvgIpc) is 3.22. The Morgan fingerprint density at radius 1 is 1.23 bits per heavy atom. The van der Waals surface area contributed by atoms with Crippen LogP contribution in [0.3, 0.4) is 0 Å². The number of carbonyl (C=O) groups excluding carboxylic acids is 3. The van der Waals surface area contributed by atoms with Crippen molar-refractivity contribution in [3.8, 4) is 5.75 Å². The molecule has 1 aromatic carbocycles. The third-order valence-electron chi connectivity index (χ3n) is 4.30. The third-order valence-corrected chi connectivity index (χ3v) is 4.30. The van der Waals surface area contributed by atoms with Gasteiger partial charge in [-0.15, -0.1) is 0 Å². The van der Waals surface area contributed by atoms with Crippen LogP contribution >= 0.6 is 0 Å². The van der Waals surface area contributed by atoms with Crippen LogP contribution in [0.25, 0.3) is 0 Å². The van der Waals surface area contributed by atoms with Crippen LogP contribution in [0.2, 0.25) is 0 Å². The van der Waals surface area contributed by atoms with E-state index in [0.29, 0.717) is 24.3 Å². The second-order valence-electron chi connectivity index (χ2n) is 7.86. The van der Waals surface area contributed by atoms with Crippen LogP contribution in [0.4, 0.5) is 4.79 Å². The van der Waals surface area contributed by atoms with Crippen molar-refractivity contribution >= 4 is 18.5 Å². The number of ether oxygens (including phenoxy) is 3. The summed E-state index contributed by atoms with van der Waals surface area (Å²) in [5, 5.41) is 2.63. The van der Waals surface area contributed by atoms with Crippen molar-refractivity contribution < 1.29 is 28.6 Å². The maximum absolute atomic E-state index is 11.7. The van der Waals surface area contributed by atoms with Crippen LogP contribution in [0.1, 0.15) is 69.4 Å². The van der Waals surface area contributed by atoms with E-state index in [1.165, 1.54) is 7.11 Å². The van der Waals surface area contributed by atoms with Crippen LogP contribution in [0, 0.1) is 0 Å². The summed E-state index contributed by atoms with van der Waals surface area (Å²) in [4.78, 5) is 35.2. The number of methoxy groups -OCH3 is 1. The molecule has 30 heavy (non-hydrogen) atoms. The van der Waals surface area contributed by atoms with Crippen molar-refractivity contribution in [1.82, 2.24) is 10.2 Å². The fraction of sp³-hybridized carbons (Fsp3) is 0.591. The summed E-state index contributed by atoms with van der Waals surface area (Å²) in [6.07, 6.45) is 2.69. The van der Waals surface area contributed by atoms with E-state index in [1.54, 1.807) is 30.0 Å². The van der Waals surface area contributed by atoms with Gasteiger partial charge in [0.25, 0.3) is 0 Å². The van der Waals surface area contributed by atoms with E-state index >= 15 is 0 Å². The van der Waals surface area contributed by atoms with Gasteiger partial charge in [0.15, 0.2) is 0 Å². The predicted molar refractivity (Wildman–Crippen MR) is 114 cm³/mol. The highest BCUT2D eigenvalue weighted by atomic mass is 16.6. The average molecular weight is 423 g/mol. The minimum Gasteiger partial charge on any atom is -0.496 e. The van der Waals surface area contributed by atoms with Crippen LogP contribution in [0.15, 0.2) is 18.2 Å². The zero-order chi connectivity index (χ0) is 22.7. The summed E-state index contributed by atoms with van der Waals surface area (Å²) < 4.78 is 15.3. The Labute approximate surface area is 178 Å². The largest absolute Gasteiger partial charge is 0.496 e. The Balaban J connectivity index is 0.000000325. The van der Waals surface area contributed by atoms with Gasteiger partial charge in [0.05, 0.1) is 19.8 Å². The quantitative estimate of drug-likeness (QED) is 0.555. The van der Waals surface area contributed by atoms with Gasteiger partial charge < -0.3 is 24.4 Å². The molecule has 0 aromatic heterocycles. The summed E-state index contributed by atoms with van der Waals surface area (Å²) in [7, 11) is 1.49. The molecule has 8 nitrogen and oxygen atoms in total. The lowest BCUT2D eigenvalue weighted by Crippen LogP contribution is -2.34. The monoisotopic (exact) mass is 422 g/mol. The maximum Gasteiger partial charge on any atom is 0.410 e. The Hall–Kier alpha value is -2.77. The molecular weight excluding hydrogens is 388 g/mol. The zero-order valence-electron chi connectivity index (χ0n) is 18.8. The normalized spacial score (nSPS) is 14.1. The molecule has 0 bridgehead atoms. The summed E-state index contributed by atoms with van der Waals surface area (Å²) in [6, 6.07) is 4.96. The fourth-order valence-corrected chi connectivity index (χ4v) is 2.78. The number of rotatable bonds is 6. The molecule has 168 valence electrons. The Morgan fingerprint density at radius 3 is 2.37 bits per heavy atom. The van der Waals surface area contributed by atoms with Crippen LogP contribution in [-0.2, 0) is 14.3 Å². The molecule has 1 saturated heterocycles. The van der Waals surface area contributed by atoms with E-state index < -0.39 is 5.97 Å². The molecule has 1 atom stereocenters. The van der Waals surface area contributed by atoms with E-state index in [4.69, 9.17) is 14.2 Å². The van der Waals surface area contributed by atoms with Crippen molar-refractivity contribution in [3.05, 3.63) is 29.3 Å². The first-order valence-electron chi connectivity index (χ1n) is 10.2. The van der Waals surface area contributed by atoms with Gasteiger partial charge in [0, 0.05) is 13.1 Å². The first-order chi connectivity index (χ1) is 14.1. The zero-order valence-corrected chi connectivity index (χ0v) is 18.8. The lowest BCUT2D eigenvalue weighted by atomic mass is 10.1. The molecule has 1 aliphatic rings. The molecule has 8 heteroatoms. The van der Waals surface area contributed by atoms with E-state index in [-0.39, 0.29) is 17.7 Å². The summed E-state index contributed by atoms with van der Waals surface area (Å²) in [5.41, 5.74) is 0.869. The molecule has 1 aromatic rings. The number of benzene rings is 1. The number of amides is 2. The highest BCUT2D eigenvalue weighted by Crippen LogP contribution is 2.24. The van der Waals surface area contributed by atoms with Gasteiger partial charge in [-0.3, -0.25) is 4.79 Å². The fourth-order valence-electron chi connectivity index (χ4n) is 2.78. The van der Waals surface area contributed by atoms with Crippen LogP contribution < -0.4 is 10.1 Å². The second-order valence-corrected chi connectivity index (χ2v) is 7.86. The summed E-state index contributed by atoms with van der Waals surface area (Å²) in [5.74, 6) is 0.0161. The molecule has 1 N–H and O–H groups in total. The SMILES string of the molecule is CC(C)(C)OC(=O)N1CCCC1.CCOC(=O)c1ccc(C(C)NC=O)cc1OC. The molecular formula is C22H34N2O6. The summed E-state index contributed by atoms with van der Waals surface area (Å²) >= 11 is 0. The number of carbonyl (C=O) groups is 3. The topological polar surface area (TPSA) is 94.2 Å². The molecule has 1 unspecified atom stereocenters. The molecule has 2 amide bonds. The Morgan fingerprint density at radius 2 is 1.87 bits per heavy atom. The first kappa shape index (κ1) is 25.3. The lowest BCUT2D eigenvalue weighted by Gasteiger charge is -2.23. The molecule has 0 saturated carbocycles. The van der Waals surface area contributed by atoms with Gasteiger partial charge in [-0.1, -0.05) is 6.07 Å². The van der Waals surface area contributed by atoms with E-state index in [9.17, 15) is 14.4 Å². The minimum atomic E-state index is -0.420. The molecule has 0 aliphatic carbocycles. The molecule has 1 heterocycles. The van der Waals surface area contributed by atoms with Crippen molar-refractivity contribution in [2.75, 3.05) is 26.8 Å². The summed E-state index contributed by atoms with van der Waals surface area (Å²) in [6.45, 7) is 11.3. The number of esters is 1. The van der Waals surface area contributed by atoms with Crippen LogP contribution in [-0.4, -0.2) is 55.8 Å². The molecule has 2 rings (SSSR count). The lowest BCUT2D eigenvalue weighted by molar-refractivity contribution is -0.110. The molecule has 1 fully saturated rings. The van der Waals surface area contributed by atoms with Crippen molar-refractivity contribution in [3.63, 3.8) is 0 Å². The highest BCUT2D eigenvalue weighted by molar-refractivity contribution is 5.92. The van der Waals surface area contributed by atoms with Crippen LogP contribution in [0.5, 0.6) is 5.75 Å². The Bertz CT molecular complexity index is 708. The minimum absolute atomic E-state index is 0.146. The van der Waals surface area contributed by atoms with Gasteiger partial charge >= 0.3 is 12.1 Å². The van der Waals surface area contributed by atoms with Crippen molar-refractivity contribution in [2.24, 2.45) is 0 Å². The highest BCUT2D eigenvalue weighted by Gasteiger charge is 2.24. The van der Waals surface area contributed by atoms with Crippen molar-refractivity contribution in [2.45, 2.75) is 59.1 Å². The van der Waals surface area contributed by atoms with E-state index in [1.807, 2.05) is 27.7 Å². The number of likely N-dealkylation sites (tertiary alicyclic amines) is 1. The van der Waals surface area contributed by atoms with E-state index in [0.717, 1.165) is 31.5 Å². The molecule has 1 aliphatic heterocycles. The predicted octanol–water partition coefficient (Wildman–Crippen LogP) is 3.70. The van der Waals surface area contributed by atoms with Crippen molar-refractivity contribution in [1.29, 1.82) is 0 Å². The van der Waals surface area contributed by atoms with Gasteiger partial charge in [-0.05, 0) is 65.2 Å². The second kappa shape index (κ2) is 12.0. The van der Waals surface area contributed by atoms with Gasteiger partial charge in [0.1, 0.15) is 16.9 Å². The number of nitrogens with zero attached hydrogens (tertiary/aromatic N) is 1. The maximum atomic E-state index is 11.7. The third kappa shape index (κ3) is 8.31. The smallest absolute Gasteiger partial charge is 0.410 e. The first-order valence-corrected chi connectivity index (χ1v) is 10.2. The Kier molecular flexibility index (Phi) is 10.1. The standard InChI is InChI=1S/C13H17NO4.C9H17NO2/c1-4-18-13(16)11-6-5-10(7-12(11)17-3)9(2)14-8-15;1-9(2,3)12-8(11)10-6-4-5-7-10/h5-9H,4H2,1-3H3,(H,14,15);4-7H2,1-3H3. The van der Waals surface area contributed by atoms with Gasteiger partial charge in [-0.2, -0.15) is 0 Å². The van der Waals surface area contributed by atoms with E-state index in [2.05, 4.69) is 5.32 Å². The molecule has 0 spiro atoms. The number of hydrogen-bond donors (Lipinski definition) is 1. The number of hydrogen-bond acceptors (Lipinski definition) is 6. The molecule has 0 radical (unpaired) electrons. The van der Waals surface area contributed by atoms with Gasteiger partial charge in [-0.25, -0.2) is 9.59 Å². The van der Waals surface area contributed by atoms with Gasteiger partial charge in [0.2, 0.25) is 6.41 Å².